The van der Waals surface area contributed by atoms with Gasteiger partial charge in [0.25, 0.3) is 0 Å². The maximum absolute atomic E-state index is 10.0. The summed E-state index contributed by atoms with van der Waals surface area (Å²) in [4.78, 5) is 29.9. The summed E-state index contributed by atoms with van der Waals surface area (Å²) in [6.45, 7) is 2.19. The van der Waals surface area contributed by atoms with Crippen LogP contribution in [0, 0.1) is 0 Å². The molecule has 0 fully saturated rings. The molecule has 0 radical (unpaired) electrons. The van der Waals surface area contributed by atoms with E-state index >= 15 is 0 Å². The van der Waals surface area contributed by atoms with E-state index in [0.29, 0.717) is 0 Å². The molecule has 0 rings (SSSR count). The van der Waals surface area contributed by atoms with Crippen molar-refractivity contribution in [2.75, 3.05) is 0 Å². The van der Waals surface area contributed by atoms with Crippen molar-refractivity contribution >= 4 is 17.8 Å². The van der Waals surface area contributed by atoms with E-state index in [1.807, 2.05) is 0 Å². The smallest absolute Gasteiger partial charge is 0.550 e. The maximum atomic E-state index is 10.0. The molecule has 124 valence electrons. The molecule has 0 saturated heterocycles. The molecule has 8 heteroatoms. The van der Waals surface area contributed by atoms with Crippen molar-refractivity contribution in [1.29, 1.82) is 0 Å². The first kappa shape index (κ1) is 26.3. The number of carbonyl (C=O) groups excluding carboxylic acids is 2. The number of hydrogen-bond donors (Lipinski definition) is 3. The van der Waals surface area contributed by atoms with Crippen LogP contribution in [0.25, 0.3) is 0 Å². The van der Waals surface area contributed by atoms with E-state index in [2.05, 4.69) is 12.7 Å². The van der Waals surface area contributed by atoms with Gasteiger partial charge in [-0.2, -0.15) is 0 Å². The molecule has 0 aliphatic heterocycles. The summed E-state index contributed by atoms with van der Waals surface area (Å²) in [6.07, 6.45) is 8.03. The van der Waals surface area contributed by atoms with Crippen molar-refractivity contribution in [2.45, 2.75) is 70.8 Å². The van der Waals surface area contributed by atoms with Gasteiger partial charge in [0.2, 0.25) is 5.91 Å². The second kappa shape index (κ2) is 18.4. The van der Waals surface area contributed by atoms with Crippen LogP contribution in [0.3, 0.4) is 0 Å². The summed E-state index contributed by atoms with van der Waals surface area (Å²) in [5.41, 5.74) is 9.57. The Kier molecular flexibility index (Phi) is 22.0. The van der Waals surface area contributed by atoms with Gasteiger partial charge in [-0.1, -0.05) is 45.4 Å². The molecule has 7 nitrogen and oxygen atoms in total. The molecule has 0 aromatic rings. The number of nitrogens with two attached hydrogens (primary N) is 2. The Labute approximate surface area is 154 Å². The fourth-order valence-corrected chi connectivity index (χ4v) is 1.53. The number of carboxylic acid groups (broad SMARTS) is 2. The van der Waals surface area contributed by atoms with Gasteiger partial charge >= 0.3 is 35.5 Å². The van der Waals surface area contributed by atoms with E-state index in [0.717, 1.165) is 12.8 Å². The summed E-state index contributed by atoms with van der Waals surface area (Å²) >= 11 is 0. The first-order chi connectivity index (χ1) is 9.81. The molecular weight excluding hydrogens is 299 g/mol. The second-order valence-electron chi connectivity index (χ2n) is 4.86. The molecule has 5 N–H and O–H groups in total. The monoisotopic (exact) mass is 326 g/mol. The van der Waals surface area contributed by atoms with Crippen LogP contribution >= 0.6 is 0 Å². The van der Waals surface area contributed by atoms with Gasteiger partial charge in [0.05, 0.1) is 6.42 Å². The fourth-order valence-electron chi connectivity index (χ4n) is 1.53. The van der Waals surface area contributed by atoms with Crippen LogP contribution in [0.15, 0.2) is 0 Å². The van der Waals surface area contributed by atoms with Gasteiger partial charge in [0.15, 0.2) is 0 Å². The summed E-state index contributed by atoms with van der Waals surface area (Å²) in [7, 11) is 0. The number of primary amides is 1. The van der Waals surface area contributed by atoms with Crippen LogP contribution in [0.1, 0.15) is 64.7 Å². The quantitative estimate of drug-likeness (QED) is 0.275. The van der Waals surface area contributed by atoms with Gasteiger partial charge < -0.3 is 26.5 Å². The number of rotatable bonds is 11. The number of hydrogen-bond acceptors (Lipinski definition) is 5. The molecular formula is C14H27N2NaO5. The Balaban J connectivity index is -0.000000326. The Bertz CT molecular complexity index is 314. The van der Waals surface area contributed by atoms with Crippen LogP contribution in [-0.2, 0) is 14.4 Å². The number of carbonyl (C=O) groups is 3. The van der Waals surface area contributed by atoms with Crippen LogP contribution in [0.2, 0.25) is 0 Å². The van der Waals surface area contributed by atoms with Crippen molar-refractivity contribution in [2.24, 2.45) is 11.5 Å². The minimum Gasteiger partial charge on any atom is -0.550 e. The van der Waals surface area contributed by atoms with Crippen molar-refractivity contribution in [3.05, 3.63) is 0 Å². The number of amides is 1. The minimum atomic E-state index is -1.21. The molecule has 0 saturated carbocycles. The van der Waals surface area contributed by atoms with E-state index in [4.69, 9.17) is 10.8 Å². The number of unbranched alkanes of at least 4 members (excludes halogenated alkanes) is 6. The molecule has 0 aliphatic carbocycles. The van der Waals surface area contributed by atoms with E-state index in [1.54, 1.807) is 0 Å². The molecule has 0 aromatic carbocycles. The van der Waals surface area contributed by atoms with Crippen molar-refractivity contribution in [1.82, 2.24) is 0 Å². The predicted molar refractivity (Wildman–Crippen MR) is 77.0 cm³/mol. The standard InChI is InChI=1S/C10H20O2.C4H8N2O3.Na/c1-2-3-4-5-6-7-8-9-10(11)12;5-2(4(8)9)1-3(6)7;/h2-9H2,1H3,(H,11,12);2H,1,5H2,(H2,6,7)(H,8,9);/q;;+1/p-1. The number of aliphatic carboxylic acids is 2. The zero-order valence-corrected chi connectivity index (χ0v) is 15.7. The SMILES string of the molecule is CCCCCCCCCC(=O)[O-].NC(=O)CC(N)C(=O)O.[Na+]. The Hall–Kier alpha value is -0.630. The third-order valence-corrected chi connectivity index (χ3v) is 2.72. The topological polar surface area (TPSA) is 147 Å². The predicted octanol–water partition coefficient (Wildman–Crippen LogP) is -2.85. The van der Waals surface area contributed by atoms with Gasteiger partial charge in [0.1, 0.15) is 6.04 Å². The molecule has 0 bridgehead atoms. The zero-order valence-electron chi connectivity index (χ0n) is 13.7. The zero-order chi connectivity index (χ0) is 16.7. The molecule has 0 spiro atoms. The van der Waals surface area contributed by atoms with E-state index in [1.165, 1.54) is 32.1 Å². The van der Waals surface area contributed by atoms with Gasteiger partial charge in [-0.15, -0.1) is 0 Å². The maximum Gasteiger partial charge on any atom is 1.00 e. The van der Waals surface area contributed by atoms with Crippen molar-refractivity contribution < 1.29 is 54.2 Å². The minimum absolute atomic E-state index is 0. The fraction of sp³-hybridized carbons (Fsp3) is 0.786. The van der Waals surface area contributed by atoms with Crippen molar-refractivity contribution in [3.8, 4) is 0 Å². The average molecular weight is 326 g/mol. The van der Waals surface area contributed by atoms with Crippen LogP contribution in [0.4, 0.5) is 0 Å². The molecule has 1 atom stereocenters. The normalized spacial score (nSPS) is 10.6. The first-order valence-electron chi connectivity index (χ1n) is 7.27. The van der Waals surface area contributed by atoms with E-state index in [-0.39, 0.29) is 42.4 Å². The number of carboxylic acids is 2. The molecule has 0 aliphatic rings. The van der Waals surface area contributed by atoms with Gasteiger partial charge in [-0.05, 0) is 12.8 Å². The summed E-state index contributed by atoms with van der Waals surface area (Å²) in [5, 5.41) is 18.1. The molecule has 22 heavy (non-hydrogen) atoms. The van der Waals surface area contributed by atoms with Gasteiger partial charge in [-0.3, -0.25) is 9.59 Å². The molecule has 0 heterocycles. The van der Waals surface area contributed by atoms with E-state index < -0.39 is 23.9 Å². The van der Waals surface area contributed by atoms with E-state index in [9.17, 15) is 19.5 Å². The van der Waals surface area contributed by atoms with Gasteiger partial charge in [0, 0.05) is 5.97 Å². The molecule has 0 aromatic heterocycles. The average Bonchev–Trinajstić information content (AvgIpc) is 2.37. The summed E-state index contributed by atoms with van der Waals surface area (Å²) in [5.74, 6) is -2.83. The third-order valence-electron chi connectivity index (χ3n) is 2.72. The second-order valence-corrected chi connectivity index (χ2v) is 4.86. The summed E-state index contributed by atoms with van der Waals surface area (Å²) in [6, 6.07) is -1.16. The molecule has 1 unspecified atom stereocenters. The Morgan fingerprint density at radius 1 is 1.05 bits per heavy atom. The Morgan fingerprint density at radius 2 is 1.50 bits per heavy atom. The van der Waals surface area contributed by atoms with Crippen LogP contribution in [0.5, 0.6) is 0 Å². The van der Waals surface area contributed by atoms with Crippen LogP contribution < -0.4 is 46.1 Å². The first-order valence-corrected chi connectivity index (χ1v) is 7.27. The largest absolute Gasteiger partial charge is 1.00 e. The molecule has 1 amide bonds. The van der Waals surface area contributed by atoms with Crippen molar-refractivity contribution in [3.63, 3.8) is 0 Å². The van der Waals surface area contributed by atoms with Gasteiger partial charge in [-0.25, -0.2) is 0 Å². The Morgan fingerprint density at radius 3 is 1.82 bits per heavy atom. The van der Waals surface area contributed by atoms with Crippen LogP contribution in [-0.4, -0.2) is 29.0 Å². The third kappa shape index (κ3) is 24.4. The summed E-state index contributed by atoms with van der Waals surface area (Å²) < 4.78 is 0.